The van der Waals surface area contributed by atoms with E-state index in [1.165, 1.54) is 4.31 Å². The van der Waals surface area contributed by atoms with Gasteiger partial charge in [-0.15, -0.1) is 0 Å². The van der Waals surface area contributed by atoms with Gasteiger partial charge in [0.15, 0.2) is 5.76 Å². The summed E-state index contributed by atoms with van der Waals surface area (Å²) in [5, 5.41) is 14.5. The molecule has 4 aromatic rings. The fourth-order valence-electron chi connectivity index (χ4n) is 5.43. The summed E-state index contributed by atoms with van der Waals surface area (Å²) in [6.07, 6.45) is 2.30. The Morgan fingerprint density at radius 1 is 1.00 bits per heavy atom. The lowest BCUT2D eigenvalue weighted by molar-refractivity contribution is 0.262. The van der Waals surface area contributed by atoms with Crippen molar-refractivity contribution in [3.8, 4) is 5.69 Å². The molecule has 10 nitrogen and oxygen atoms in total. The Hall–Kier alpha value is -3.96. The number of carbonyl (C=O) groups excluding carboxylic acids is 1. The van der Waals surface area contributed by atoms with Crippen molar-refractivity contribution < 1.29 is 17.7 Å². The van der Waals surface area contributed by atoms with Gasteiger partial charge >= 0.3 is 6.03 Å². The molecule has 3 heterocycles. The maximum absolute atomic E-state index is 13.2. The van der Waals surface area contributed by atoms with Gasteiger partial charge in [-0.3, -0.25) is 5.32 Å². The number of benzene rings is 2. The molecule has 5 rings (SSSR count). The molecule has 2 amide bonds. The number of hydrogen-bond donors (Lipinski definition) is 2. The van der Waals surface area contributed by atoms with E-state index in [9.17, 15) is 13.2 Å². The summed E-state index contributed by atoms with van der Waals surface area (Å²) in [7, 11) is -3.64. The minimum absolute atomic E-state index is 0.180. The molecule has 1 saturated heterocycles. The summed E-state index contributed by atoms with van der Waals surface area (Å²) in [5.74, 6) is 1.24. The Kier molecular flexibility index (Phi) is 8.49. The van der Waals surface area contributed by atoms with Crippen LogP contribution in [-0.2, 0) is 21.9 Å². The number of carbonyl (C=O) groups is 1. The van der Waals surface area contributed by atoms with E-state index in [4.69, 9.17) is 9.62 Å². The van der Waals surface area contributed by atoms with E-state index in [1.54, 1.807) is 18.5 Å². The molecule has 1 aliphatic rings. The van der Waals surface area contributed by atoms with E-state index in [0.717, 1.165) is 41.8 Å². The first-order valence-corrected chi connectivity index (χ1v) is 16.0. The van der Waals surface area contributed by atoms with E-state index >= 15 is 0 Å². The van der Waals surface area contributed by atoms with Crippen molar-refractivity contribution in [1.82, 2.24) is 19.2 Å². The third kappa shape index (κ3) is 6.83. The molecule has 0 saturated carbocycles. The first-order chi connectivity index (χ1) is 20.3. The van der Waals surface area contributed by atoms with Crippen LogP contribution in [0.1, 0.15) is 61.9 Å². The minimum atomic E-state index is -3.64. The zero-order chi connectivity index (χ0) is 30.9. The number of anilines is 2. The van der Waals surface area contributed by atoms with Crippen molar-refractivity contribution in [2.45, 2.75) is 71.1 Å². The Bertz CT molecular complexity index is 1690. The zero-order valence-electron chi connectivity index (χ0n) is 25.6. The number of aryl methyl sites for hydroxylation is 3. The molecule has 43 heavy (non-hydrogen) atoms. The van der Waals surface area contributed by atoms with Crippen LogP contribution >= 0.6 is 0 Å². The lowest BCUT2D eigenvalue weighted by atomic mass is 9.91. The molecule has 0 aliphatic carbocycles. The largest absolute Gasteiger partial charge is 0.360 e. The highest BCUT2D eigenvalue weighted by Crippen LogP contribution is 2.30. The lowest BCUT2D eigenvalue weighted by Crippen LogP contribution is -2.39. The van der Waals surface area contributed by atoms with Gasteiger partial charge in [-0.05, 0) is 75.8 Å². The minimum Gasteiger partial charge on any atom is -0.360 e. The van der Waals surface area contributed by atoms with Crippen molar-refractivity contribution >= 4 is 27.6 Å². The molecule has 1 aliphatic heterocycles. The maximum Gasteiger partial charge on any atom is 0.324 e. The Morgan fingerprint density at radius 3 is 2.33 bits per heavy atom. The third-order valence-electron chi connectivity index (χ3n) is 7.85. The lowest BCUT2D eigenvalue weighted by Gasteiger charge is -2.31. The molecule has 0 bridgehead atoms. The van der Waals surface area contributed by atoms with Gasteiger partial charge < -0.3 is 9.84 Å². The van der Waals surface area contributed by atoms with Crippen molar-refractivity contribution in [2.75, 3.05) is 23.7 Å². The van der Waals surface area contributed by atoms with Gasteiger partial charge in [0.2, 0.25) is 10.0 Å². The molecule has 0 radical (unpaired) electrons. The number of nitrogens with zero attached hydrogens (tertiary/aromatic N) is 4. The number of urea groups is 1. The van der Waals surface area contributed by atoms with Gasteiger partial charge in [-0.2, -0.15) is 9.40 Å². The van der Waals surface area contributed by atoms with E-state index in [0.29, 0.717) is 42.0 Å². The molecule has 0 atom stereocenters. The molecule has 0 unspecified atom stereocenters. The smallest absolute Gasteiger partial charge is 0.324 e. The van der Waals surface area contributed by atoms with Gasteiger partial charge in [0.05, 0.1) is 11.4 Å². The van der Waals surface area contributed by atoms with Crippen LogP contribution in [0.4, 0.5) is 16.3 Å². The van der Waals surface area contributed by atoms with Crippen LogP contribution in [0.3, 0.4) is 0 Å². The highest BCUT2D eigenvalue weighted by atomic mass is 32.2. The van der Waals surface area contributed by atoms with Crippen LogP contribution in [0.25, 0.3) is 5.69 Å². The van der Waals surface area contributed by atoms with Crippen LogP contribution in [-0.4, -0.2) is 46.8 Å². The molecule has 0 spiro atoms. The van der Waals surface area contributed by atoms with Crippen LogP contribution in [0, 0.1) is 26.7 Å². The van der Waals surface area contributed by atoms with E-state index < -0.39 is 10.0 Å². The second-order valence-corrected chi connectivity index (χ2v) is 14.3. The average Bonchev–Trinajstić information content (AvgIpc) is 3.52. The molecule has 2 N–H and O–H groups in total. The summed E-state index contributed by atoms with van der Waals surface area (Å²) in [6, 6.07) is 17.4. The summed E-state index contributed by atoms with van der Waals surface area (Å²) < 4.78 is 34.7. The number of rotatable bonds is 7. The summed E-state index contributed by atoms with van der Waals surface area (Å²) in [4.78, 5) is 13.3. The predicted octanol–water partition coefficient (Wildman–Crippen LogP) is 6.37. The number of aromatic nitrogens is 3. The van der Waals surface area contributed by atoms with Gasteiger partial charge in [0.1, 0.15) is 16.4 Å². The molecule has 11 heteroatoms. The molecule has 228 valence electrons. The van der Waals surface area contributed by atoms with E-state index in [2.05, 4.69) is 36.6 Å². The van der Waals surface area contributed by atoms with Crippen molar-refractivity contribution in [3.05, 3.63) is 82.9 Å². The molecular weight excluding hydrogens is 564 g/mol. The van der Waals surface area contributed by atoms with Crippen molar-refractivity contribution in [3.63, 3.8) is 0 Å². The van der Waals surface area contributed by atoms with Gasteiger partial charge in [0.25, 0.3) is 0 Å². The normalized spacial score (nSPS) is 15.0. The monoisotopic (exact) mass is 604 g/mol. The Morgan fingerprint density at radius 2 is 1.70 bits per heavy atom. The zero-order valence-corrected chi connectivity index (χ0v) is 26.5. The quantitative estimate of drug-likeness (QED) is 0.253. The number of amides is 2. The number of sulfonamides is 1. The summed E-state index contributed by atoms with van der Waals surface area (Å²) in [6.45, 7) is 12.5. The molecule has 2 aromatic heterocycles. The summed E-state index contributed by atoms with van der Waals surface area (Å²) >= 11 is 0. The highest BCUT2D eigenvalue weighted by molar-refractivity contribution is 7.89. The second-order valence-electron chi connectivity index (χ2n) is 12.4. The molecule has 1 fully saturated rings. The highest BCUT2D eigenvalue weighted by Gasteiger charge is 2.33. The summed E-state index contributed by atoms with van der Waals surface area (Å²) in [5.41, 5.74) is 4.86. The third-order valence-corrected chi connectivity index (χ3v) is 9.99. The Balaban J connectivity index is 1.22. The standard InChI is InChI=1S/C32H40N6O4S/c1-21-10-12-27(13-11-21)38-29(20-28(35-38)32(4,5)6)34-31(39)33-26-9-7-8-25(19-26)18-24-14-16-37(17-15-24)43(40,41)30-22(2)36-42-23(30)3/h7-13,19-20,24H,14-18H2,1-6H3,(H2,33,34,39). The number of piperidine rings is 1. The van der Waals surface area contributed by atoms with Gasteiger partial charge in [-0.25, -0.2) is 17.9 Å². The van der Waals surface area contributed by atoms with Crippen molar-refractivity contribution in [1.29, 1.82) is 0 Å². The van der Waals surface area contributed by atoms with Crippen molar-refractivity contribution in [2.24, 2.45) is 5.92 Å². The predicted molar refractivity (Wildman–Crippen MR) is 167 cm³/mol. The fourth-order valence-corrected chi connectivity index (χ4v) is 7.19. The molecular formula is C32H40N6O4S. The van der Waals surface area contributed by atoms with E-state index in [1.807, 2.05) is 61.5 Å². The molecule has 2 aromatic carbocycles. The first-order valence-electron chi connectivity index (χ1n) is 14.6. The van der Waals surface area contributed by atoms with Crippen LogP contribution in [0.2, 0.25) is 0 Å². The second kappa shape index (κ2) is 12.0. The number of hydrogen-bond acceptors (Lipinski definition) is 6. The van der Waals surface area contributed by atoms with Crippen LogP contribution in [0.5, 0.6) is 0 Å². The first kappa shape index (κ1) is 30.5. The maximum atomic E-state index is 13.2. The average molecular weight is 605 g/mol. The SMILES string of the molecule is Cc1ccc(-n2nc(C(C)(C)C)cc2NC(=O)Nc2cccc(CC3CCN(S(=O)(=O)c4c(C)noc4C)CC3)c2)cc1. The fraction of sp³-hybridized carbons (Fsp3) is 0.406. The van der Waals surface area contributed by atoms with Crippen LogP contribution in [0.15, 0.2) is 64.0 Å². The Labute approximate surface area is 253 Å². The van der Waals surface area contributed by atoms with Crippen LogP contribution < -0.4 is 10.6 Å². The van der Waals surface area contributed by atoms with Gasteiger partial charge in [-0.1, -0.05) is 55.8 Å². The van der Waals surface area contributed by atoms with E-state index in [-0.39, 0.29) is 16.3 Å². The number of nitrogens with one attached hydrogen (secondary N) is 2. The topological polar surface area (TPSA) is 122 Å². The van der Waals surface area contributed by atoms with Gasteiger partial charge in [0, 0.05) is 30.3 Å².